The van der Waals surface area contributed by atoms with Crippen molar-refractivity contribution in [3.63, 3.8) is 0 Å². The fraction of sp³-hybridized carbons (Fsp3) is 0.941. The molecule has 0 saturated carbocycles. The van der Waals surface area contributed by atoms with Gasteiger partial charge in [0.2, 0.25) is 8.32 Å². The average Bonchev–Trinajstić information content (AvgIpc) is 2.32. The maximum absolute atomic E-state index is 13.3. The van der Waals surface area contributed by atoms with Gasteiger partial charge in [0, 0.05) is 0 Å². The van der Waals surface area contributed by atoms with Gasteiger partial charge in [0.15, 0.2) is 25.0 Å². The normalized spacial score (nSPS) is 14.5. The SMILES string of the molecule is C[Si](C)(C)OCC(CO[Si](C)(C)C)(CO[Si](C)(C)C)C(=O)O[Si](C)(C)C. The third-order valence-electron chi connectivity index (χ3n) is 3.18. The lowest BCUT2D eigenvalue weighted by molar-refractivity contribution is -0.154. The van der Waals surface area contributed by atoms with Crippen molar-refractivity contribution in [3.05, 3.63) is 0 Å². The highest BCUT2D eigenvalue weighted by Gasteiger charge is 2.45. The molecule has 0 heterocycles. The second-order valence-corrected chi connectivity index (χ2v) is 29.0. The monoisotopic (exact) mass is 438 g/mol. The fourth-order valence-electron chi connectivity index (χ4n) is 1.75. The van der Waals surface area contributed by atoms with E-state index in [0.29, 0.717) is 19.8 Å². The Labute approximate surface area is 165 Å². The molecule has 0 fully saturated rings. The van der Waals surface area contributed by atoms with Crippen LogP contribution in [0, 0.1) is 5.41 Å². The van der Waals surface area contributed by atoms with Crippen LogP contribution in [0.5, 0.6) is 0 Å². The summed E-state index contributed by atoms with van der Waals surface area (Å²) in [5, 5.41) is 0. The first-order chi connectivity index (χ1) is 11.2. The molecule has 0 aromatic heterocycles. The van der Waals surface area contributed by atoms with E-state index in [1.54, 1.807) is 0 Å². The van der Waals surface area contributed by atoms with Crippen molar-refractivity contribution in [2.45, 2.75) is 78.6 Å². The summed E-state index contributed by atoms with van der Waals surface area (Å²) in [6.45, 7) is 26.1. The summed E-state index contributed by atoms with van der Waals surface area (Å²) >= 11 is 0. The van der Waals surface area contributed by atoms with Gasteiger partial charge in [-0.1, -0.05) is 0 Å². The molecule has 0 spiro atoms. The van der Waals surface area contributed by atoms with Crippen LogP contribution >= 0.6 is 0 Å². The molecule has 9 heteroatoms. The molecule has 0 aromatic carbocycles. The van der Waals surface area contributed by atoms with E-state index in [9.17, 15) is 4.79 Å². The van der Waals surface area contributed by atoms with Crippen LogP contribution in [0.15, 0.2) is 0 Å². The number of hydrogen-bond acceptors (Lipinski definition) is 5. The molecule has 0 radical (unpaired) electrons. The van der Waals surface area contributed by atoms with E-state index in [1.807, 2.05) is 19.6 Å². The van der Waals surface area contributed by atoms with Crippen LogP contribution in [0.3, 0.4) is 0 Å². The molecule has 0 atom stereocenters. The summed E-state index contributed by atoms with van der Waals surface area (Å²) in [6, 6.07) is 0. The predicted molar refractivity (Wildman–Crippen MR) is 120 cm³/mol. The quantitative estimate of drug-likeness (QED) is 0.429. The lowest BCUT2D eigenvalue weighted by Crippen LogP contribution is -2.53. The molecule has 0 aliphatic heterocycles. The van der Waals surface area contributed by atoms with E-state index < -0.39 is 38.7 Å². The molecule has 26 heavy (non-hydrogen) atoms. The summed E-state index contributed by atoms with van der Waals surface area (Å²) < 4.78 is 24.5. The van der Waals surface area contributed by atoms with Crippen molar-refractivity contribution in [2.24, 2.45) is 5.41 Å². The molecule has 156 valence electrons. The summed E-state index contributed by atoms with van der Waals surface area (Å²) in [7, 11) is -7.46. The lowest BCUT2D eigenvalue weighted by atomic mass is 9.92. The fourth-order valence-corrected chi connectivity index (χ4v) is 4.65. The molecule has 0 bridgehead atoms. The van der Waals surface area contributed by atoms with Gasteiger partial charge in [0.05, 0.1) is 19.8 Å². The van der Waals surface area contributed by atoms with Gasteiger partial charge in [0.25, 0.3) is 0 Å². The van der Waals surface area contributed by atoms with Crippen LogP contribution in [0.2, 0.25) is 78.6 Å². The van der Waals surface area contributed by atoms with Crippen molar-refractivity contribution in [1.29, 1.82) is 0 Å². The summed E-state index contributed by atoms with van der Waals surface area (Å²) in [4.78, 5) is 13.3. The van der Waals surface area contributed by atoms with Gasteiger partial charge in [-0.2, -0.15) is 0 Å². The Morgan fingerprint density at radius 3 is 1.04 bits per heavy atom. The largest absolute Gasteiger partial charge is 0.519 e. The minimum absolute atomic E-state index is 0.230. The number of carbonyl (C=O) groups is 1. The first-order valence-electron chi connectivity index (χ1n) is 9.40. The van der Waals surface area contributed by atoms with Gasteiger partial charge in [-0.3, -0.25) is 4.79 Å². The minimum Gasteiger partial charge on any atom is -0.519 e. The van der Waals surface area contributed by atoms with Gasteiger partial charge >= 0.3 is 5.97 Å². The Kier molecular flexibility index (Phi) is 9.22. The zero-order chi connectivity index (χ0) is 21.0. The zero-order valence-corrected chi connectivity index (χ0v) is 23.2. The van der Waals surface area contributed by atoms with Crippen LogP contribution in [-0.2, 0) is 22.5 Å². The topological polar surface area (TPSA) is 54.0 Å². The van der Waals surface area contributed by atoms with Crippen LogP contribution in [-0.4, -0.2) is 59.1 Å². The molecule has 0 aliphatic rings. The van der Waals surface area contributed by atoms with Gasteiger partial charge in [0.1, 0.15) is 5.41 Å². The standard InChI is InChI=1S/C17H42O5Si4/c1-23(2,3)19-13-17(14-20-24(4,5)6,15-21-25(7,8)9)16(18)22-26(10,11)12/h13-15H2,1-12H3. The Balaban J connectivity index is 5.74. The smallest absolute Gasteiger partial charge is 0.305 e. The molecule has 0 aromatic rings. The number of hydrogen-bond donors (Lipinski definition) is 0. The van der Waals surface area contributed by atoms with E-state index in [2.05, 4.69) is 58.9 Å². The predicted octanol–water partition coefficient (Wildman–Crippen LogP) is 4.91. The van der Waals surface area contributed by atoms with Crippen LogP contribution in [0.1, 0.15) is 0 Å². The van der Waals surface area contributed by atoms with E-state index in [0.717, 1.165) is 0 Å². The highest BCUT2D eigenvalue weighted by atomic mass is 28.4. The van der Waals surface area contributed by atoms with E-state index in [-0.39, 0.29) is 5.97 Å². The molecule has 0 N–H and O–H groups in total. The van der Waals surface area contributed by atoms with E-state index in [4.69, 9.17) is 17.7 Å². The molecular weight excluding hydrogens is 397 g/mol. The molecule has 0 saturated heterocycles. The lowest BCUT2D eigenvalue weighted by Gasteiger charge is -2.38. The highest BCUT2D eigenvalue weighted by molar-refractivity contribution is 6.71. The second-order valence-electron chi connectivity index (χ2n) is 11.0. The third kappa shape index (κ3) is 12.6. The van der Waals surface area contributed by atoms with Gasteiger partial charge in [-0.25, -0.2) is 0 Å². The van der Waals surface area contributed by atoms with Crippen LogP contribution in [0.25, 0.3) is 0 Å². The summed E-state index contributed by atoms with van der Waals surface area (Å²) in [5.74, 6) is -0.230. The summed E-state index contributed by atoms with van der Waals surface area (Å²) in [6.07, 6.45) is 0. The Morgan fingerprint density at radius 1 is 0.577 bits per heavy atom. The number of carbonyl (C=O) groups excluding carboxylic acids is 1. The molecular formula is C17H42O5Si4. The van der Waals surface area contributed by atoms with E-state index >= 15 is 0 Å². The molecule has 0 amide bonds. The number of rotatable bonds is 11. The van der Waals surface area contributed by atoms with Crippen molar-refractivity contribution < 1.29 is 22.5 Å². The molecule has 0 unspecified atom stereocenters. The maximum atomic E-state index is 13.3. The summed E-state index contributed by atoms with van der Waals surface area (Å²) in [5.41, 5.74) is -0.902. The third-order valence-corrected chi connectivity index (χ3v) is 7.01. The Hall–Kier alpha value is 0.218. The van der Waals surface area contributed by atoms with Crippen molar-refractivity contribution in [3.8, 4) is 0 Å². The van der Waals surface area contributed by atoms with Crippen molar-refractivity contribution in [2.75, 3.05) is 19.8 Å². The van der Waals surface area contributed by atoms with E-state index in [1.165, 1.54) is 0 Å². The van der Waals surface area contributed by atoms with Crippen LogP contribution < -0.4 is 0 Å². The average molecular weight is 439 g/mol. The van der Waals surface area contributed by atoms with Gasteiger partial charge < -0.3 is 17.7 Å². The van der Waals surface area contributed by atoms with Gasteiger partial charge in [-0.05, 0) is 78.6 Å². The maximum Gasteiger partial charge on any atom is 0.305 e. The van der Waals surface area contributed by atoms with Crippen LogP contribution in [0.4, 0.5) is 0 Å². The molecule has 5 nitrogen and oxygen atoms in total. The highest BCUT2D eigenvalue weighted by Crippen LogP contribution is 2.28. The Bertz CT molecular complexity index is 410. The van der Waals surface area contributed by atoms with Crippen molar-refractivity contribution in [1.82, 2.24) is 0 Å². The Morgan fingerprint density at radius 2 is 0.846 bits per heavy atom. The molecule has 0 rings (SSSR count). The van der Waals surface area contributed by atoms with Gasteiger partial charge in [-0.15, -0.1) is 0 Å². The minimum atomic E-state index is -2.04. The van der Waals surface area contributed by atoms with Crippen molar-refractivity contribution >= 4 is 39.2 Å². The first kappa shape index (κ1) is 26.2. The first-order valence-corrected chi connectivity index (χ1v) is 23.0. The molecule has 0 aliphatic carbocycles. The zero-order valence-electron chi connectivity index (χ0n) is 19.2. The second kappa shape index (κ2) is 9.14.